The standard InChI is InChI=1S/C13H17N3O2.ClH/c17-12(9-15-10-5-2-1-3-6-10)16-11-7-4-8-14-13(11)18;/h1-3,5-6,11,15H,4,7-9H2,(H,14,18)(H,16,17);1H. The molecule has 1 aromatic rings. The largest absolute Gasteiger partial charge is 0.376 e. The zero-order chi connectivity index (χ0) is 12.8. The van der Waals surface area contributed by atoms with E-state index in [1.807, 2.05) is 30.3 Å². The van der Waals surface area contributed by atoms with Crippen LogP contribution in [0.15, 0.2) is 30.3 Å². The maximum Gasteiger partial charge on any atom is 0.242 e. The van der Waals surface area contributed by atoms with Gasteiger partial charge in [-0.2, -0.15) is 0 Å². The smallest absolute Gasteiger partial charge is 0.242 e. The number of carbonyl (C=O) groups excluding carboxylic acids is 2. The van der Waals surface area contributed by atoms with Gasteiger partial charge in [0.05, 0.1) is 6.54 Å². The Morgan fingerprint density at radius 1 is 1.32 bits per heavy atom. The van der Waals surface area contributed by atoms with Gasteiger partial charge in [-0.15, -0.1) is 12.4 Å². The van der Waals surface area contributed by atoms with Gasteiger partial charge in [-0.05, 0) is 25.0 Å². The van der Waals surface area contributed by atoms with Crippen molar-refractivity contribution in [3.05, 3.63) is 30.3 Å². The van der Waals surface area contributed by atoms with Gasteiger partial charge >= 0.3 is 0 Å². The number of carbonyl (C=O) groups is 2. The lowest BCUT2D eigenvalue weighted by Crippen LogP contribution is -2.51. The summed E-state index contributed by atoms with van der Waals surface area (Å²) in [6.45, 7) is 0.876. The number of nitrogens with one attached hydrogen (secondary N) is 3. The van der Waals surface area contributed by atoms with E-state index in [0.717, 1.165) is 12.1 Å². The lowest BCUT2D eigenvalue weighted by atomic mass is 10.1. The third kappa shape index (κ3) is 4.79. The molecule has 0 radical (unpaired) electrons. The van der Waals surface area contributed by atoms with E-state index in [2.05, 4.69) is 16.0 Å². The van der Waals surface area contributed by atoms with Crippen molar-refractivity contribution in [2.24, 2.45) is 0 Å². The molecule has 1 unspecified atom stereocenters. The lowest BCUT2D eigenvalue weighted by Gasteiger charge is -2.22. The molecule has 0 aromatic heterocycles. The van der Waals surface area contributed by atoms with Crippen LogP contribution in [0.3, 0.4) is 0 Å². The summed E-state index contributed by atoms with van der Waals surface area (Å²) in [6, 6.07) is 9.10. The molecule has 19 heavy (non-hydrogen) atoms. The Morgan fingerprint density at radius 2 is 2.05 bits per heavy atom. The van der Waals surface area contributed by atoms with Crippen LogP contribution in [0.5, 0.6) is 0 Å². The van der Waals surface area contributed by atoms with E-state index in [-0.39, 0.29) is 36.8 Å². The topological polar surface area (TPSA) is 70.2 Å². The number of hydrogen-bond acceptors (Lipinski definition) is 3. The number of amides is 2. The third-order valence-corrected chi connectivity index (χ3v) is 2.85. The average molecular weight is 284 g/mol. The minimum Gasteiger partial charge on any atom is -0.376 e. The first-order valence-corrected chi connectivity index (χ1v) is 6.12. The first-order valence-electron chi connectivity index (χ1n) is 6.12. The Kier molecular flexibility index (Phi) is 6.15. The average Bonchev–Trinajstić information content (AvgIpc) is 2.40. The number of para-hydroxylation sites is 1. The fourth-order valence-corrected chi connectivity index (χ4v) is 1.89. The number of anilines is 1. The molecule has 3 N–H and O–H groups in total. The van der Waals surface area contributed by atoms with Gasteiger partial charge in [0.1, 0.15) is 6.04 Å². The van der Waals surface area contributed by atoms with E-state index in [1.165, 1.54) is 0 Å². The minimum atomic E-state index is -0.385. The molecule has 1 atom stereocenters. The van der Waals surface area contributed by atoms with Crippen LogP contribution in [-0.4, -0.2) is 30.9 Å². The molecule has 1 heterocycles. The molecule has 5 nitrogen and oxygen atoms in total. The predicted molar refractivity (Wildman–Crippen MR) is 76.4 cm³/mol. The van der Waals surface area contributed by atoms with E-state index in [9.17, 15) is 9.59 Å². The Bertz CT molecular complexity index is 425. The molecule has 0 spiro atoms. The maximum atomic E-state index is 11.7. The summed E-state index contributed by atoms with van der Waals surface area (Å²) in [5.41, 5.74) is 0.890. The fourth-order valence-electron chi connectivity index (χ4n) is 1.89. The van der Waals surface area contributed by atoms with E-state index in [4.69, 9.17) is 0 Å². The first-order chi connectivity index (χ1) is 8.75. The molecular formula is C13H18ClN3O2. The van der Waals surface area contributed by atoms with Crippen LogP contribution in [0.1, 0.15) is 12.8 Å². The van der Waals surface area contributed by atoms with Crippen molar-refractivity contribution in [1.29, 1.82) is 0 Å². The van der Waals surface area contributed by atoms with Crippen molar-refractivity contribution in [2.75, 3.05) is 18.4 Å². The van der Waals surface area contributed by atoms with Crippen molar-refractivity contribution in [3.8, 4) is 0 Å². The van der Waals surface area contributed by atoms with Gasteiger partial charge in [0.2, 0.25) is 11.8 Å². The summed E-state index contributed by atoms with van der Waals surface area (Å²) >= 11 is 0. The second kappa shape index (κ2) is 7.63. The molecule has 6 heteroatoms. The van der Waals surface area contributed by atoms with Crippen molar-refractivity contribution in [3.63, 3.8) is 0 Å². The van der Waals surface area contributed by atoms with Crippen LogP contribution in [0.2, 0.25) is 0 Å². The van der Waals surface area contributed by atoms with Crippen LogP contribution in [0, 0.1) is 0 Å². The van der Waals surface area contributed by atoms with Crippen LogP contribution in [0.25, 0.3) is 0 Å². The molecule has 0 aliphatic carbocycles. The van der Waals surface area contributed by atoms with Crippen LogP contribution < -0.4 is 16.0 Å². The molecule has 0 bridgehead atoms. The van der Waals surface area contributed by atoms with Crippen molar-refractivity contribution in [2.45, 2.75) is 18.9 Å². The van der Waals surface area contributed by atoms with Gasteiger partial charge < -0.3 is 16.0 Å². The number of piperidine rings is 1. The Labute approximate surface area is 118 Å². The second-order valence-corrected chi connectivity index (χ2v) is 4.27. The molecule has 1 aliphatic rings. The Morgan fingerprint density at radius 3 is 2.74 bits per heavy atom. The van der Waals surface area contributed by atoms with Gasteiger partial charge in [-0.3, -0.25) is 9.59 Å². The van der Waals surface area contributed by atoms with E-state index in [1.54, 1.807) is 0 Å². The number of benzene rings is 1. The third-order valence-electron chi connectivity index (χ3n) is 2.85. The van der Waals surface area contributed by atoms with Crippen LogP contribution in [0.4, 0.5) is 5.69 Å². The second-order valence-electron chi connectivity index (χ2n) is 4.27. The van der Waals surface area contributed by atoms with Crippen molar-refractivity contribution < 1.29 is 9.59 Å². The highest BCUT2D eigenvalue weighted by atomic mass is 35.5. The molecule has 1 aromatic carbocycles. The quantitative estimate of drug-likeness (QED) is 0.769. The molecular weight excluding hydrogens is 266 g/mol. The molecule has 0 saturated carbocycles. The predicted octanol–water partition coefficient (Wildman–Crippen LogP) is 0.915. The summed E-state index contributed by atoms with van der Waals surface area (Å²) in [4.78, 5) is 23.1. The molecule has 1 aliphatic heterocycles. The van der Waals surface area contributed by atoms with Crippen LogP contribution >= 0.6 is 12.4 Å². The number of rotatable bonds is 4. The SMILES string of the molecule is Cl.O=C(CNc1ccccc1)NC1CCCNC1=O. The highest BCUT2D eigenvalue weighted by molar-refractivity contribution is 5.89. The normalized spacial score (nSPS) is 17.9. The van der Waals surface area contributed by atoms with Crippen molar-refractivity contribution in [1.82, 2.24) is 10.6 Å². The van der Waals surface area contributed by atoms with Gasteiger partial charge in [0, 0.05) is 12.2 Å². The number of halogens is 1. The molecule has 2 amide bonds. The Balaban J connectivity index is 0.00000180. The van der Waals surface area contributed by atoms with E-state index < -0.39 is 0 Å². The van der Waals surface area contributed by atoms with Gasteiger partial charge in [-0.25, -0.2) is 0 Å². The van der Waals surface area contributed by atoms with Crippen LogP contribution in [-0.2, 0) is 9.59 Å². The van der Waals surface area contributed by atoms with E-state index >= 15 is 0 Å². The summed E-state index contributed by atoms with van der Waals surface area (Å²) in [7, 11) is 0. The maximum absolute atomic E-state index is 11.7. The molecule has 104 valence electrons. The Hall–Kier alpha value is -1.75. The highest BCUT2D eigenvalue weighted by Crippen LogP contribution is 2.05. The summed E-state index contributed by atoms with van der Waals surface area (Å²) in [5.74, 6) is -0.254. The summed E-state index contributed by atoms with van der Waals surface area (Å²) in [6.07, 6.45) is 1.62. The zero-order valence-electron chi connectivity index (χ0n) is 10.5. The fraction of sp³-hybridized carbons (Fsp3) is 0.385. The minimum absolute atomic E-state index is 0. The number of hydrogen-bond donors (Lipinski definition) is 3. The van der Waals surface area contributed by atoms with Gasteiger partial charge in [0.15, 0.2) is 0 Å². The van der Waals surface area contributed by atoms with E-state index in [0.29, 0.717) is 13.0 Å². The highest BCUT2D eigenvalue weighted by Gasteiger charge is 2.23. The van der Waals surface area contributed by atoms with Gasteiger partial charge in [-0.1, -0.05) is 18.2 Å². The van der Waals surface area contributed by atoms with Crippen molar-refractivity contribution >= 4 is 29.9 Å². The first kappa shape index (κ1) is 15.3. The lowest BCUT2D eigenvalue weighted by molar-refractivity contribution is -0.129. The zero-order valence-corrected chi connectivity index (χ0v) is 11.3. The molecule has 1 saturated heterocycles. The summed E-state index contributed by atoms with van der Waals surface area (Å²) in [5, 5.41) is 8.47. The molecule has 1 fully saturated rings. The summed E-state index contributed by atoms with van der Waals surface area (Å²) < 4.78 is 0. The molecule has 2 rings (SSSR count). The monoisotopic (exact) mass is 283 g/mol. The van der Waals surface area contributed by atoms with Gasteiger partial charge in [0.25, 0.3) is 0 Å².